The number of hydrogen-bond donors (Lipinski definition) is 9. The van der Waals surface area contributed by atoms with Crippen LogP contribution in [0.4, 0.5) is 0 Å². The summed E-state index contributed by atoms with van der Waals surface area (Å²) in [5.41, 5.74) is 0. The van der Waals surface area contributed by atoms with Crippen molar-refractivity contribution in [3.63, 3.8) is 0 Å². The minimum atomic E-state index is -1.79. The summed E-state index contributed by atoms with van der Waals surface area (Å²) < 4.78 is 22.6. The first-order chi connectivity index (χ1) is 33.1. The summed E-state index contributed by atoms with van der Waals surface area (Å²) in [6, 6.07) is -0.937. The maximum atomic E-state index is 13.1. The maximum Gasteiger partial charge on any atom is 0.220 e. The molecule has 2 rings (SSSR count). The Bertz CT molecular complexity index is 1460. The summed E-state index contributed by atoms with van der Waals surface area (Å²) in [6.45, 7) is 2.56. The van der Waals surface area contributed by atoms with Gasteiger partial charge in [0.15, 0.2) is 12.6 Å². The number of amides is 1. The summed E-state index contributed by atoms with van der Waals surface area (Å²) in [5, 5.41) is 86.5. The normalized spacial score (nSPS) is 27.1. The van der Waals surface area contributed by atoms with E-state index in [1.807, 2.05) is 6.08 Å². The molecule has 0 saturated carbocycles. The Hall–Kier alpha value is -2.83. The number of ether oxygens (including phenoxy) is 4. The van der Waals surface area contributed by atoms with Crippen molar-refractivity contribution >= 4 is 5.91 Å². The Labute approximate surface area is 408 Å². The lowest BCUT2D eigenvalue weighted by Gasteiger charge is -2.46. The summed E-state index contributed by atoms with van der Waals surface area (Å²) in [6.07, 6.45) is 35.0. The largest absolute Gasteiger partial charge is 0.394 e. The second-order valence-electron chi connectivity index (χ2n) is 17.9. The Morgan fingerprint density at radius 1 is 0.544 bits per heavy atom. The Kier molecular flexibility index (Phi) is 35.9. The minimum Gasteiger partial charge on any atom is -0.394 e. The lowest BCUT2D eigenvalue weighted by Crippen LogP contribution is -2.65. The Morgan fingerprint density at radius 3 is 1.62 bits per heavy atom. The summed E-state index contributed by atoms with van der Waals surface area (Å²) in [4.78, 5) is 13.1. The maximum absolute atomic E-state index is 13.1. The van der Waals surface area contributed by atoms with E-state index in [4.69, 9.17) is 18.9 Å². The molecule has 0 aromatic rings. The Balaban J connectivity index is 1.75. The molecule has 0 aliphatic carbocycles. The zero-order valence-corrected chi connectivity index (χ0v) is 41.3. The highest BCUT2D eigenvalue weighted by molar-refractivity contribution is 5.76. The predicted octanol–water partition coefficient (Wildman–Crippen LogP) is 6.99. The highest BCUT2D eigenvalue weighted by atomic mass is 16.7. The van der Waals surface area contributed by atoms with Crippen LogP contribution in [0, 0.1) is 0 Å². The van der Waals surface area contributed by atoms with Crippen LogP contribution in [0.2, 0.25) is 0 Å². The van der Waals surface area contributed by atoms with Gasteiger partial charge in [-0.25, -0.2) is 0 Å². The minimum absolute atomic E-state index is 0.260. The zero-order chi connectivity index (χ0) is 49.6. The van der Waals surface area contributed by atoms with Gasteiger partial charge in [0.25, 0.3) is 0 Å². The van der Waals surface area contributed by atoms with E-state index in [1.165, 1.54) is 44.9 Å². The number of hydrogen-bond acceptors (Lipinski definition) is 13. The molecule has 2 aliphatic rings. The average Bonchev–Trinajstić information content (AvgIpc) is 3.34. The second kappa shape index (κ2) is 39.8. The molecule has 12 unspecified atom stereocenters. The third-order valence-electron chi connectivity index (χ3n) is 12.1. The van der Waals surface area contributed by atoms with Crippen LogP contribution in [0.5, 0.6) is 0 Å². The second-order valence-corrected chi connectivity index (χ2v) is 17.9. The third-order valence-corrected chi connectivity index (χ3v) is 12.1. The standard InChI is InChI=1S/C54H91NO13/c1-3-5-7-9-11-13-14-15-16-17-18-19-20-21-22-23-24-25-26-27-28-30-32-34-36-38-46(59)55-42(43(58)37-35-33-31-29-12-10-8-6-4-2)41-65-53-51(64)49(62)52(45(40-57)67-53)68-54-50(63)48(61)47(60)44(39-56)66-54/h5,7,11-13,15-16,18-19,21-22,29,35,37,42-45,47-54,56-58,60-64H,3-4,6,8-10,14,17,20,23-28,30-34,36,38-41H2,1-2H3,(H,55,59)/b7-5-,13-11-,16-15-,19-18-,22-21-,29-12+,37-35+. The van der Waals surface area contributed by atoms with Gasteiger partial charge >= 0.3 is 0 Å². The molecule has 0 bridgehead atoms. The van der Waals surface area contributed by atoms with Gasteiger partial charge in [-0.3, -0.25) is 4.79 Å². The molecule has 14 heteroatoms. The van der Waals surface area contributed by atoms with Crippen molar-refractivity contribution in [2.75, 3.05) is 19.8 Å². The molecule has 2 fully saturated rings. The summed E-state index contributed by atoms with van der Waals surface area (Å²) in [7, 11) is 0. The van der Waals surface area contributed by atoms with E-state index in [0.29, 0.717) is 12.8 Å². The SMILES string of the molecule is CC/C=C\C/C=C\C/C=C\C/C=C\C/C=C\CCCCCCCCCCCC(=O)NC(COC1OC(CO)C(OC2OC(CO)C(O)C(O)C2O)C(O)C1O)C(O)/C=C/CC/C=C/CCCCC. The number of carbonyl (C=O) groups excluding carboxylic acids is 1. The van der Waals surface area contributed by atoms with Crippen LogP contribution in [0.3, 0.4) is 0 Å². The molecule has 12 atom stereocenters. The molecular formula is C54H91NO13. The first-order valence-corrected chi connectivity index (χ1v) is 25.8. The van der Waals surface area contributed by atoms with Gasteiger partial charge in [0.05, 0.1) is 32.0 Å². The number of rotatable bonds is 38. The van der Waals surface area contributed by atoms with Gasteiger partial charge in [0.2, 0.25) is 5.91 Å². The highest BCUT2D eigenvalue weighted by Crippen LogP contribution is 2.30. The number of allylic oxidation sites excluding steroid dienone is 13. The molecule has 9 N–H and O–H groups in total. The van der Waals surface area contributed by atoms with Gasteiger partial charge in [0, 0.05) is 6.42 Å². The predicted molar refractivity (Wildman–Crippen MR) is 267 cm³/mol. The molecule has 0 aromatic carbocycles. The molecular weight excluding hydrogens is 871 g/mol. The van der Waals surface area contributed by atoms with Crippen molar-refractivity contribution in [2.24, 2.45) is 0 Å². The van der Waals surface area contributed by atoms with E-state index in [1.54, 1.807) is 6.08 Å². The zero-order valence-electron chi connectivity index (χ0n) is 41.3. The number of carbonyl (C=O) groups is 1. The van der Waals surface area contributed by atoms with Gasteiger partial charge in [-0.05, 0) is 77.0 Å². The van der Waals surface area contributed by atoms with E-state index in [2.05, 4.69) is 92.1 Å². The van der Waals surface area contributed by atoms with Crippen molar-refractivity contribution in [3.8, 4) is 0 Å². The number of aliphatic hydroxyl groups excluding tert-OH is 8. The molecule has 390 valence electrons. The summed E-state index contributed by atoms with van der Waals surface area (Å²) in [5.74, 6) is -0.264. The van der Waals surface area contributed by atoms with Crippen LogP contribution in [-0.2, 0) is 23.7 Å². The van der Waals surface area contributed by atoms with Gasteiger partial charge in [-0.1, -0.05) is 157 Å². The molecule has 14 nitrogen and oxygen atoms in total. The molecule has 0 aromatic heterocycles. The van der Waals surface area contributed by atoms with Gasteiger partial charge in [0.1, 0.15) is 48.8 Å². The third kappa shape index (κ3) is 26.4. The number of unbranched alkanes of at least 4 members (excludes halogenated alkanes) is 13. The quantitative estimate of drug-likeness (QED) is 0.0225. The van der Waals surface area contributed by atoms with Crippen molar-refractivity contribution in [1.82, 2.24) is 5.32 Å². The fourth-order valence-electron chi connectivity index (χ4n) is 7.86. The fraction of sp³-hybridized carbons (Fsp3) is 0.722. The first kappa shape index (κ1) is 61.3. The Morgan fingerprint density at radius 2 is 1.03 bits per heavy atom. The van der Waals surface area contributed by atoms with Crippen LogP contribution < -0.4 is 5.32 Å². The smallest absolute Gasteiger partial charge is 0.220 e. The van der Waals surface area contributed by atoms with Crippen LogP contribution in [0.15, 0.2) is 85.1 Å². The van der Waals surface area contributed by atoms with Gasteiger partial charge in [-0.15, -0.1) is 0 Å². The van der Waals surface area contributed by atoms with Crippen LogP contribution in [0.25, 0.3) is 0 Å². The molecule has 2 heterocycles. The van der Waals surface area contributed by atoms with Crippen molar-refractivity contribution in [3.05, 3.63) is 85.1 Å². The van der Waals surface area contributed by atoms with Crippen molar-refractivity contribution < 1.29 is 64.6 Å². The van der Waals surface area contributed by atoms with Crippen LogP contribution in [-0.4, -0.2) is 140 Å². The molecule has 68 heavy (non-hydrogen) atoms. The molecule has 1 amide bonds. The number of nitrogens with one attached hydrogen (secondary N) is 1. The van der Waals surface area contributed by atoms with Gasteiger partial charge < -0.3 is 65.1 Å². The van der Waals surface area contributed by atoms with E-state index >= 15 is 0 Å². The lowest BCUT2D eigenvalue weighted by molar-refractivity contribution is -0.359. The first-order valence-electron chi connectivity index (χ1n) is 25.8. The highest BCUT2D eigenvalue weighted by Gasteiger charge is 2.51. The van der Waals surface area contributed by atoms with E-state index in [-0.39, 0.29) is 18.9 Å². The van der Waals surface area contributed by atoms with Crippen LogP contribution in [0.1, 0.15) is 155 Å². The number of aliphatic hydroxyl groups is 8. The van der Waals surface area contributed by atoms with E-state index < -0.39 is 86.8 Å². The van der Waals surface area contributed by atoms with E-state index in [9.17, 15) is 45.6 Å². The molecule has 2 aliphatic heterocycles. The monoisotopic (exact) mass is 962 g/mol. The summed E-state index contributed by atoms with van der Waals surface area (Å²) >= 11 is 0. The molecule has 0 spiro atoms. The fourth-order valence-corrected chi connectivity index (χ4v) is 7.86. The molecule has 0 radical (unpaired) electrons. The average molecular weight is 962 g/mol. The van der Waals surface area contributed by atoms with E-state index in [0.717, 1.165) is 77.0 Å². The topological polar surface area (TPSA) is 228 Å². The molecule has 2 saturated heterocycles. The van der Waals surface area contributed by atoms with Crippen molar-refractivity contribution in [1.29, 1.82) is 0 Å². The van der Waals surface area contributed by atoms with Gasteiger partial charge in [-0.2, -0.15) is 0 Å². The van der Waals surface area contributed by atoms with Crippen molar-refractivity contribution in [2.45, 2.75) is 229 Å². The lowest BCUT2D eigenvalue weighted by atomic mass is 9.97. The van der Waals surface area contributed by atoms with Crippen LogP contribution >= 0.6 is 0 Å².